The SMILES string of the molecule is O=C1c2c(F)ccc(F)c2C(=O)N1CC1CCN(CC(=O)N(c2ccc(F)cc2C2CC2)c2ccc([N+](=O)[O-])c3nonc23)CC1. The molecule has 3 amide bonds. The second kappa shape index (κ2) is 11.3. The quantitative estimate of drug-likeness (QED) is 0.147. The third-order valence-corrected chi connectivity index (χ3v) is 8.84. The second-order valence-electron chi connectivity index (χ2n) is 11.7. The lowest BCUT2D eigenvalue weighted by atomic mass is 9.96. The number of amides is 3. The summed E-state index contributed by atoms with van der Waals surface area (Å²) in [5.74, 6) is -4.62. The third-order valence-electron chi connectivity index (χ3n) is 8.84. The van der Waals surface area contributed by atoms with Gasteiger partial charge in [-0.3, -0.25) is 39.2 Å². The lowest BCUT2D eigenvalue weighted by Gasteiger charge is -2.34. The monoisotopic (exact) mass is 634 g/mol. The van der Waals surface area contributed by atoms with E-state index in [0.717, 1.165) is 29.9 Å². The fourth-order valence-electron chi connectivity index (χ4n) is 6.36. The van der Waals surface area contributed by atoms with Crippen LogP contribution in [-0.2, 0) is 4.79 Å². The lowest BCUT2D eigenvalue weighted by molar-refractivity contribution is -0.383. The van der Waals surface area contributed by atoms with Gasteiger partial charge in [-0.15, -0.1) is 0 Å². The number of carbonyl (C=O) groups is 3. The summed E-state index contributed by atoms with van der Waals surface area (Å²) >= 11 is 0. The van der Waals surface area contributed by atoms with Crippen LogP contribution in [0, 0.1) is 33.5 Å². The molecule has 3 aliphatic rings. The minimum absolute atomic E-state index is 0.00106. The highest BCUT2D eigenvalue weighted by atomic mass is 19.1. The van der Waals surface area contributed by atoms with E-state index in [-0.39, 0.29) is 47.3 Å². The van der Waals surface area contributed by atoms with Gasteiger partial charge in [0.1, 0.15) is 17.5 Å². The fourth-order valence-corrected chi connectivity index (χ4v) is 6.36. The van der Waals surface area contributed by atoms with Crippen molar-refractivity contribution in [2.24, 2.45) is 5.92 Å². The van der Waals surface area contributed by atoms with E-state index in [1.165, 1.54) is 35.2 Å². The summed E-state index contributed by atoms with van der Waals surface area (Å²) in [5, 5.41) is 19.2. The van der Waals surface area contributed by atoms with Crippen LogP contribution in [0.1, 0.15) is 57.9 Å². The molecule has 0 spiro atoms. The Labute approximate surface area is 258 Å². The molecule has 0 bridgehead atoms. The van der Waals surface area contributed by atoms with Gasteiger partial charge in [-0.05, 0) is 103 Å². The number of halogens is 3. The molecule has 0 unspecified atom stereocenters. The van der Waals surface area contributed by atoms with Crippen LogP contribution < -0.4 is 4.90 Å². The van der Waals surface area contributed by atoms with Crippen molar-refractivity contribution in [3.63, 3.8) is 0 Å². The molecule has 1 aliphatic carbocycles. The predicted molar refractivity (Wildman–Crippen MR) is 155 cm³/mol. The first-order valence-corrected chi connectivity index (χ1v) is 14.7. The van der Waals surface area contributed by atoms with Gasteiger partial charge in [0.25, 0.3) is 11.8 Å². The Morgan fingerprint density at radius 2 is 1.54 bits per heavy atom. The summed E-state index contributed by atoms with van der Waals surface area (Å²) in [6.07, 6.45) is 2.62. The van der Waals surface area contributed by atoms with Crippen LogP contribution in [0.3, 0.4) is 0 Å². The van der Waals surface area contributed by atoms with Gasteiger partial charge in [0.15, 0.2) is 5.52 Å². The average molecular weight is 635 g/mol. The molecular weight excluding hydrogens is 609 g/mol. The Balaban J connectivity index is 1.11. The van der Waals surface area contributed by atoms with Crippen molar-refractivity contribution < 1.29 is 37.1 Å². The molecule has 0 radical (unpaired) electrons. The average Bonchev–Trinajstić information content (AvgIpc) is 3.70. The number of anilines is 2. The van der Waals surface area contributed by atoms with Gasteiger partial charge in [-0.1, -0.05) is 0 Å². The van der Waals surface area contributed by atoms with Crippen LogP contribution in [0.2, 0.25) is 0 Å². The van der Waals surface area contributed by atoms with Gasteiger partial charge >= 0.3 is 5.69 Å². The van der Waals surface area contributed by atoms with Gasteiger partial charge in [0, 0.05) is 12.6 Å². The van der Waals surface area contributed by atoms with Crippen molar-refractivity contribution in [3.05, 3.63) is 86.7 Å². The number of nitro benzene ring substituents is 1. The summed E-state index contributed by atoms with van der Waals surface area (Å²) in [5.41, 5.74) is -0.342. The largest absolute Gasteiger partial charge is 0.300 e. The fraction of sp³-hybridized carbons (Fsp3) is 0.323. The summed E-state index contributed by atoms with van der Waals surface area (Å²) in [6.45, 7) is 0.729. The predicted octanol–water partition coefficient (Wildman–Crippen LogP) is 5.10. The number of rotatable bonds is 8. The topological polar surface area (TPSA) is 143 Å². The molecule has 7 rings (SSSR count). The Morgan fingerprint density at radius 3 is 2.17 bits per heavy atom. The second-order valence-corrected chi connectivity index (χ2v) is 11.7. The minimum atomic E-state index is -0.951. The zero-order chi connectivity index (χ0) is 32.3. The van der Waals surface area contributed by atoms with E-state index in [1.54, 1.807) is 0 Å². The van der Waals surface area contributed by atoms with Gasteiger partial charge in [-0.25, -0.2) is 17.8 Å². The molecule has 1 aromatic heterocycles. The first kappa shape index (κ1) is 29.5. The Kier molecular flexibility index (Phi) is 7.26. The maximum absolute atomic E-state index is 14.4. The molecule has 1 saturated heterocycles. The molecule has 2 fully saturated rings. The van der Waals surface area contributed by atoms with Crippen molar-refractivity contribution in [2.45, 2.75) is 31.6 Å². The molecule has 0 N–H and O–H groups in total. The molecule has 1 saturated carbocycles. The molecule has 2 aliphatic heterocycles. The highest BCUT2D eigenvalue weighted by molar-refractivity contribution is 6.21. The van der Waals surface area contributed by atoms with Crippen molar-refractivity contribution in [2.75, 3.05) is 31.1 Å². The molecule has 3 aromatic carbocycles. The number of non-ortho nitro benzene ring substituents is 1. The van der Waals surface area contributed by atoms with Crippen LogP contribution in [0.25, 0.3) is 11.0 Å². The number of nitrogens with zero attached hydrogens (tertiary/aromatic N) is 6. The maximum atomic E-state index is 14.4. The van der Waals surface area contributed by atoms with E-state index >= 15 is 0 Å². The number of carbonyl (C=O) groups excluding carboxylic acids is 3. The number of nitro groups is 1. The Morgan fingerprint density at radius 1 is 0.913 bits per heavy atom. The summed E-state index contributed by atoms with van der Waals surface area (Å²) in [4.78, 5) is 54.8. The number of likely N-dealkylation sites (tertiary alicyclic amines) is 1. The van der Waals surface area contributed by atoms with Crippen LogP contribution in [0.5, 0.6) is 0 Å². The normalized spacial score (nSPS) is 17.2. The molecule has 0 atom stereocenters. The van der Waals surface area contributed by atoms with E-state index in [9.17, 15) is 37.7 Å². The Hall–Kier alpha value is -5.18. The highest BCUT2D eigenvalue weighted by Crippen LogP contribution is 2.47. The molecular formula is C31H25F3N6O6. The highest BCUT2D eigenvalue weighted by Gasteiger charge is 2.42. The van der Waals surface area contributed by atoms with Gasteiger partial charge < -0.3 is 0 Å². The van der Waals surface area contributed by atoms with Gasteiger partial charge in [-0.2, -0.15) is 0 Å². The van der Waals surface area contributed by atoms with E-state index in [2.05, 4.69) is 10.3 Å². The summed E-state index contributed by atoms with van der Waals surface area (Å²) in [6, 6.07) is 8.38. The lowest BCUT2D eigenvalue weighted by Crippen LogP contribution is -2.44. The standard InChI is InChI=1S/C31H25F3N6O6/c32-18-3-6-22(19(13-18)17-1-2-17)39(23-7-8-24(40(44)45)29-28(23)35-46-36-29)25(41)15-37-11-9-16(10-12-37)14-38-30(42)26-20(33)4-5-21(34)27(26)31(38)43/h3-8,13,16-17H,1-2,9-12,14-15H2. The number of benzene rings is 3. The van der Waals surface area contributed by atoms with E-state index in [4.69, 9.17) is 4.63 Å². The van der Waals surface area contributed by atoms with E-state index in [1.807, 2.05) is 4.90 Å². The van der Waals surface area contributed by atoms with Crippen molar-refractivity contribution in [3.8, 4) is 0 Å². The first-order chi connectivity index (χ1) is 22.1. The summed E-state index contributed by atoms with van der Waals surface area (Å²) in [7, 11) is 0. The van der Waals surface area contributed by atoms with E-state index in [0.29, 0.717) is 37.2 Å². The molecule has 12 nitrogen and oxygen atoms in total. The number of aromatic nitrogens is 2. The number of hydrogen-bond donors (Lipinski definition) is 0. The van der Waals surface area contributed by atoms with Crippen molar-refractivity contribution in [1.82, 2.24) is 20.1 Å². The van der Waals surface area contributed by atoms with Crippen LogP contribution >= 0.6 is 0 Å². The molecule has 4 aromatic rings. The molecule has 46 heavy (non-hydrogen) atoms. The smallest absolute Gasteiger partial charge is 0.294 e. The molecule has 15 heteroatoms. The van der Waals surface area contributed by atoms with Gasteiger partial charge in [0.2, 0.25) is 11.4 Å². The van der Waals surface area contributed by atoms with Crippen molar-refractivity contribution in [1.29, 1.82) is 0 Å². The Bertz CT molecular complexity index is 1900. The van der Waals surface area contributed by atoms with Crippen molar-refractivity contribution >= 4 is 45.8 Å². The van der Waals surface area contributed by atoms with Gasteiger partial charge in [0.05, 0.1) is 34.0 Å². The number of hydrogen-bond acceptors (Lipinski definition) is 9. The zero-order valence-corrected chi connectivity index (χ0v) is 24.1. The number of piperidine rings is 1. The van der Waals surface area contributed by atoms with E-state index < -0.39 is 51.2 Å². The summed E-state index contributed by atoms with van der Waals surface area (Å²) < 4.78 is 47.7. The maximum Gasteiger partial charge on any atom is 0.300 e. The molecule has 236 valence electrons. The van der Waals surface area contributed by atoms with Crippen LogP contribution in [-0.4, -0.2) is 68.9 Å². The minimum Gasteiger partial charge on any atom is -0.294 e. The number of fused-ring (bicyclic) bond motifs is 2. The van der Waals surface area contributed by atoms with Crippen LogP contribution in [0.4, 0.5) is 30.2 Å². The van der Waals surface area contributed by atoms with Crippen LogP contribution in [0.15, 0.2) is 47.1 Å². The number of imide groups is 1. The molecule has 3 heterocycles. The first-order valence-electron chi connectivity index (χ1n) is 14.7. The third kappa shape index (κ3) is 5.05. The zero-order valence-electron chi connectivity index (χ0n) is 24.1.